The summed E-state index contributed by atoms with van der Waals surface area (Å²) >= 11 is 0. The summed E-state index contributed by atoms with van der Waals surface area (Å²) in [5.74, 6) is 0. The molecule has 0 fully saturated rings. The lowest BCUT2D eigenvalue weighted by atomic mass is 10.2. The van der Waals surface area contributed by atoms with Crippen LogP contribution in [0.4, 0.5) is 17.1 Å². The van der Waals surface area contributed by atoms with E-state index in [1.165, 1.54) is 0 Å². The molecule has 4 aromatic carbocycles. The van der Waals surface area contributed by atoms with Gasteiger partial charge in [-0.15, -0.1) is 0 Å². The van der Waals surface area contributed by atoms with Crippen LogP contribution in [-0.2, 0) is 0 Å². The minimum Gasteiger partial charge on any atom is -0.364 e. The molecule has 0 amide bonds. The summed E-state index contributed by atoms with van der Waals surface area (Å²) in [4.78, 5) is 12.9. The second-order valence-electron chi connectivity index (χ2n) is 6.17. The molecule has 27 heavy (non-hydrogen) atoms. The maximum Gasteiger partial charge on any atom is 0.0877 e. The molecule has 3 heteroatoms. The molecule has 1 unspecified atom stereocenters. The molecule has 132 valence electrons. The van der Waals surface area contributed by atoms with Crippen molar-refractivity contribution in [3.63, 3.8) is 0 Å². The van der Waals surface area contributed by atoms with Crippen LogP contribution in [0.1, 0.15) is 0 Å². The highest BCUT2D eigenvalue weighted by molar-refractivity contribution is 7.67. The molecule has 0 aromatic heterocycles. The fourth-order valence-electron chi connectivity index (χ4n) is 3.06. The van der Waals surface area contributed by atoms with E-state index in [-0.39, 0.29) is 0 Å². The molecule has 4 rings (SSSR count). The lowest BCUT2D eigenvalue weighted by Gasteiger charge is -2.25. The van der Waals surface area contributed by atoms with Crippen LogP contribution in [0.25, 0.3) is 0 Å². The average Bonchev–Trinajstić information content (AvgIpc) is 2.76. The molecular weight excluding hydrogens is 349 g/mol. The predicted octanol–water partition coefficient (Wildman–Crippen LogP) is 5.50. The molecule has 0 aliphatic carbocycles. The number of anilines is 3. The number of rotatable bonds is 5. The molecular formula is C24H20NOP. The number of hydrogen-bond acceptors (Lipinski definition) is 2. The molecule has 0 heterocycles. The Bertz CT molecular complexity index is 934. The molecule has 4 aromatic rings. The van der Waals surface area contributed by atoms with Crippen molar-refractivity contribution in [2.45, 2.75) is 0 Å². The molecule has 0 bridgehead atoms. The van der Waals surface area contributed by atoms with Crippen LogP contribution in [-0.4, -0.2) is 4.89 Å². The normalized spacial score (nSPS) is 11.7. The number of para-hydroxylation sites is 2. The van der Waals surface area contributed by atoms with Crippen molar-refractivity contribution < 1.29 is 4.89 Å². The summed E-state index contributed by atoms with van der Waals surface area (Å²) in [6, 6.07) is 38.6. The third-order valence-electron chi connectivity index (χ3n) is 4.38. The molecule has 0 saturated carbocycles. The average molecular weight is 369 g/mol. The highest BCUT2D eigenvalue weighted by Gasteiger charge is 2.14. The fourth-order valence-corrected chi connectivity index (χ4v) is 4.25. The van der Waals surface area contributed by atoms with Gasteiger partial charge in [0.2, 0.25) is 0 Å². The summed E-state index contributed by atoms with van der Waals surface area (Å²) in [5, 5.41) is 1.91. The molecule has 1 atom stereocenters. The molecule has 0 aliphatic rings. The minimum atomic E-state index is -1.33. The van der Waals surface area contributed by atoms with Crippen LogP contribution in [0.3, 0.4) is 0 Å². The third-order valence-corrected chi connectivity index (χ3v) is 5.96. The quantitative estimate of drug-likeness (QED) is 0.470. The van der Waals surface area contributed by atoms with E-state index in [9.17, 15) is 4.89 Å². The zero-order valence-corrected chi connectivity index (χ0v) is 15.7. The van der Waals surface area contributed by atoms with Crippen molar-refractivity contribution in [3.8, 4) is 0 Å². The van der Waals surface area contributed by atoms with Crippen molar-refractivity contribution in [3.05, 3.63) is 115 Å². The van der Waals surface area contributed by atoms with Gasteiger partial charge in [0.15, 0.2) is 0 Å². The van der Waals surface area contributed by atoms with E-state index in [2.05, 4.69) is 41.3 Å². The van der Waals surface area contributed by atoms with Gasteiger partial charge in [-0.2, -0.15) is 0 Å². The van der Waals surface area contributed by atoms with Gasteiger partial charge in [-0.1, -0.05) is 66.7 Å². The van der Waals surface area contributed by atoms with Gasteiger partial charge in [0.1, 0.15) is 0 Å². The largest absolute Gasteiger partial charge is 0.364 e. The van der Waals surface area contributed by atoms with Crippen LogP contribution >= 0.6 is 8.15 Å². The van der Waals surface area contributed by atoms with E-state index >= 15 is 0 Å². The highest BCUT2D eigenvalue weighted by atomic mass is 31.1. The van der Waals surface area contributed by atoms with Gasteiger partial charge in [-0.05, 0) is 48.5 Å². The lowest BCUT2D eigenvalue weighted by molar-refractivity contribution is 0.644. The molecule has 2 nitrogen and oxygen atoms in total. The maximum absolute atomic E-state index is 10.7. The fraction of sp³-hybridized carbons (Fsp3) is 0. The van der Waals surface area contributed by atoms with Gasteiger partial charge in [0.05, 0.1) is 8.15 Å². The Labute approximate surface area is 161 Å². The van der Waals surface area contributed by atoms with E-state index in [0.29, 0.717) is 0 Å². The first kappa shape index (κ1) is 17.5. The first-order valence-corrected chi connectivity index (χ1v) is 10.2. The van der Waals surface area contributed by atoms with E-state index in [4.69, 9.17) is 0 Å². The van der Waals surface area contributed by atoms with Gasteiger partial charge < -0.3 is 9.79 Å². The van der Waals surface area contributed by atoms with Crippen LogP contribution < -0.4 is 15.5 Å². The zero-order chi connectivity index (χ0) is 18.5. The Morgan fingerprint density at radius 3 is 1.30 bits per heavy atom. The van der Waals surface area contributed by atoms with Crippen molar-refractivity contribution in [2.75, 3.05) is 4.90 Å². The maximum atomic E-state index is 10.7. The first-order chi connectivity index (χ1) is 13.3. The molecule has 0 aliphatic heterocycles. The summed E-state index contributed by atoms with van der Waals surface area (Å²) in [6.07, 6.45) is 0. The van der Waals surface area contributed by atoms with Crippen LogP contribution in [0.15, 0.2) is 115 Å². The van der Waals surface area contributed by atoms with Gasteiger partial charge >= 0.3 is 0 Å². The SMILES string of the molecule is OP(c1ccccc1)c1ccc(N(c2ccccc2)c2ccccc2)cc1. The Morgan fingerprint density at radius 1 is 0.444 bits per heavy atom. The highest BCUT2D eigenvalue weighted by Crippen LogP contribution is 2.35. The van der Waals surface area contributed by atoms with Gasteiger partial charge in [0, 0.05) is 27.7 Å². The Hall–Kier alpha value is -2.93. The smallest absolute Gasteiger partial charge is 0.0877 e. The molecule has 0 spiro atoms. The predicted molar refractivity (Wildman–Crippen MR) is 116 cm³/mol. The third kappa shape index (κ3) is 3.93. The van der Waals surface area contributed by atoms with Crippen LogP contribution in [0.5, 0.6) is 0 Å². The van der Waals surface area contributed by atoms with E-state index in [1.807, 2.05) is 78.9 Å². The van der Waals surface area contributed by atoms with Gasteiger partial charge in [-0.25, -0.2) is 0 Å². The Morgan fingerprint density at radius 2 is 0.815 bits per heavy atom. The molecule has 0 radical (unpaired) electrons. The lowest BCUT2D eigenvalue weighted by Crippen LogP contribution is -2.13. The van der Waals surface area contributed by atoms with Crippen LogP contribution in [0.2, 0.25) is 0 Å². The standard InChI is InChI=1S/C24H20NOP/c26-27(23-14-8-3-9-15-23)24-18-16-22(17-19-24)25(20-10-4-1-5-11-20)21-12-6-2-7-13-21/h1-19,26H. The summed E-state index contributed by atoms with van der Waals surface area (Å²) < 4.78 is 0. The van der Waals surface area contributed by atoms with Gasteiger partial charge in [-0.3, -0.25) is 0 Å². The summed E-state index contributed by atoms with van der Waals surface area (Å²) in [5.41, 5.74) is 3.27. The monoisotopic (exact) mass is 369 g/mol. The van der Waals surface area contributed by atoms with E-state index in [1.54, 1.807) is 0 Å². The van der Waals surface area contributed by atoms with Crippen molar-refractivity contribution in [1.29, 1.82) is 0 Å². The number of hydrogen-bond donors (Lipinski definition) is 1. The summed E-state index contributed by atoms with van der Waals surface area (Å²) in [6.45, 7) is 0. The minimum absolute atomic E-state index is 0.945. The van der Waals surface area contributed by atoms with Gasteiger partial charge in [0.25, 0.3) is 0 Å². The Balaban J connectivity index is 1.69. The zero-order valence-electron chi connectivity index (χ0n) is 14.8. The van der Waals surface area contributed by atoms with Crippen molar-refractivity contribution in [1.82, 2.24) is 0 Å². The van der Waals surface area contributed by atoms with E-state index in [0.717, 1.165) is 27.7 Å². The first-order valence-electron chi connectivity index (χ1n) is 8.87. The second kappa shape index (κ2) is 8.18. The van der Waals surface area contributed by atoms with Crippen LogP contribution in [0, 0.1) is 0 Å². The number of nitrogens with zero attached hydrogens (tertiary/aromatic N) is 1. The topological polar surface area (TPSA) is 23.5 Å². The van der Waals surface area contributed by atoms with Crippen molar-refractivity contribution >= 4 is 35.8 Å². The van der Waals surface area contributed by atoms with Crippen molar-refractivity contribution in [2.24, 2.45) is 0 Å². The number of benzene rings is 4. The summed E-state index contributed by atoms with van der Waals surface area (Å²) in [7, 11) is -1.33. The van der Waals surface area contributed by atoms with E-state index < -0.39 is 8.15 Å². The molecule has 0 saturated heterocycles. The Kier molecular flexibility index (Phi) is 5.29. The second-order valence-corrected chi connectivity index (χ2v) is 7.83. The molecule has 1 N–H and O–H groups in total.